The normalized spacial score (nSPS) is 28.8. The fourth-order valence-electron chi connectivity index (χ4n) is 2.95. The predicted octanol–water partition coefficient (Wildman–Crippen LogP) is 3.09. The fraction of sp³-hybridized carbons (Fsp3) is 0.867. The van der Waals surface area contributed by atoms with E-state index in [1.54, 1.807) is 5.57 Å². The summed E-state index contributed by atoms with van der Waals surface area (Å²) in [5, 5.41) is 0. The summed E-state index contributed by atoms with van der Waals surface area (Å²) in [6, 6.07) is 0. The Balaban J connectivity index is 1.68. The molecule has 0 aromatic rings. The SMILES string of the molecule is CC1=CC[C@H](C(C)CCN2CCOCC2)CC1. The summed E-state index contributed by atoms with van der Waals surface area (Å²) in [5.41, 5.74) is 1.60. The predicted molar refractivity (Wildman–Crippen MR) is 72.1 cm³/mol. The molecule has 0 saturated carbocycles. The van der Waals surface area contributed by atoms with Gasteiger partial charge in [0, 0.05) is 13.1 Å². The van der Waals surface area contributed by atoms with Crippen molar-refractivity contribution in [2.45, 2.75) is 39.5 Å². The number of hydrogen-bond donors (Lipinski definition) is 0. The minimum Gasteiger partial charge on any atom is -0.379 e. The monoisotopic (exact) mass is 237 g/mol. The van der Waals surface area contributed by atoms with Gasteiger partial charge in [-0.3, -0.25) is 4.90 Å². The van der Waals surface area contributed by atoms with Gasteiger partial charge in [-0.2, -0.15) is 0 Å². The van der Waals surface area contributed by atoms with Crippen molar-refractivity contribution in [3.63, 3.8) is 0 Å². The Hall–Kier alpha value is -0.340. The lowest BCUT2D eigenvalue weighted by molar-refractivity contribution is 0.0343. The van der Waals surface area contributed by atoms with Crippen LogP contribution in [0.25, 0.3) is 0 Å². The van der Waals surface area contributed by atoms with Crippen LogP contribution in [0, 0.1) is 11.8 Å². The van der Waals surface area contributed by atoms with Gasteiger partial charge in [-0.25, -0.2) is 0 Å². The average molecular weight is 237 g/mol. The number of morpholine rings is 1. The van der Waals surface area contributed by atoms with Gasteiger partial charge in [-0.05, 0) is 51.0 Å². The molecule has 0 aromatic carbocycles. The molecule has 98 valence electrons. The Labute approximate surface area is 106 Å². The van der Waals surface area contributed by atoms with Crippen LogP contribution in [0.3, 0.4) is 0 Å². The highest BCUT2D eigenvalue weighted by atomic mass is 16.5. The Kier molecular flexibility index (Phi) is 5.05. The van der Waals surface area contributed by atoms with Crippen molar-refractivity contribution in [2.75, 3.05) is 32.8 Å². The van der Waals surface area contributed by atoms with Gasteiger partial charge in [0.25, 0.3) is 0 Å². The molecule has 0 spiro atoms. The Morgan fingerprint density at radius 2 is 2.18 bits per heavy atom. The molecule has 2 nitrogen and oxygen atoms in total. The van der Waals surface area contributed by atoms with Gasteiger partial charge in [0.15, 0.2) is 0 Å². The molecule has 1 unspecified atom stereocenters. The van der Waals surface area contributed by atoms with E-state index < -0.39 is 0 Å². The molecule has 0 bridgehead atoms. The quantitative estimate of drug-likeness (QED) is 0.697. The largest absolute Gasteiger partial charge is 0.379 e. The lowest BCUT2D eigenvalue weighted by Gasteiger charge is -2.31. The summed E-state index contributed by atoms with van der Waals surface area (Å²) in [5.74, 6) is 1.81. The first kappa shape index (κ1) is 13.1. The van der Waals surface area contributed by atoms with E-state index in [0.717, 1.165) is 38.1 Å². The van der Waals surface area contributed by atoms with Crippen LogP contribution in [0.2, 0.25) is 0 Å². The molecule has 17 heavy (non-hydrogen) atoms. The second-order valence-corrected chi connectivity index (χ2v) is 5.80. The molecule has 2 rings (SSSR count). The zero-order chi connectivity index (χ0) is 12.1. The van der Waals surface area contributed by atoms with Gasteiger partial charge in [0.2, 0.25) is 0 Å². The van der Waals surface area contributed by atoms with E-state index in [2.05, 4.69) is 24.8 Å². The standard InChI is InChI=1S/C15H27NO/c1-13-3-5-15(6-4-13)14(2)7-8-16-9-11-17-12-10-16/h3,14-15H,4-12H2,1-2H3/t14?,15-/m0/s1. The summed E-state index contributed by atoms with van der Waals surface area (Å²) in [6.07, 6.45) is 7.87. The van der Waals surface area contributed by atoms with Crippen LogP contribution in [0.15, 0.2) is 11.6 Å². The minimum absolute atomic E-state index is 0.877. The van der Waals surface area contributed by atoms with Crippen LogP contribution in [0.1, 0.15) is 39.5 Å². The topological polar surface area (TPSA) is 12.5 Å². The van der Waals surface area contributed by atoms with Gasteiger partial charge >= 0.3 is 0 Å². The highest BCUT2D eigenvalue weighted by Crippen LogP contribution is 2.30. The molecule has 2 aliphatic rings. The lowest BCUT2D eigenvalue weighted by Crippen LogP contribution is -2.37. The van der Waals surface area contributed by atoms with Crippen molar-refractivity contribution < 1.29 is 4.74 Å². The maximum atomic E-state index is 5.39. The Morgan fingerprint density at radius 3 is 2.82 bits per heavy atom. The molecular formula is C15H27NO. The smallest absolute Gasteiger partial charge is 0.0594 e. The Bertz CT molecular complexity index is 256. The van der Waals surface area contributed by atoms with Crippen molar-refractivity contribution in [3.05, 3.63) is 11.6 Å². The third-order valence-electron chi connectivity index (χ3n) is 4.49. The molecule has 0 N–H and O–H groups in total. The summed E-state index contributed by atoms with van der Waals surface area (Å²) in [4.78, 5) is 2.56. The van der Waals surface area contributed by atoms with Crippen LogP contribution in [-0.4, -0.2) is 37.7 Å². The van der Waals surface area contributed by atoms with E-state index in [0.29, 0.717) is 0 Å². The molecule has 1 fully saturated rings. The van der Waals surface area contributed by atoms with Crippen molar-refractivity contribution in [1.29, 1.82) is 0 Å². The van der Waals surface area contributed by atoms with E-state index in [4.69, 9.17) is 4.74 Å². The number of hydrogen-bond acceptors (Lipinski definition) is 2. The third kappa shape index (κ3) is 4.11. The molecular weight excluding hydrogens is 210 g/mol. The number of allylic oxidation sites excluding steroid dienone is 2. The molecule has 1 heterocycles. The van der Waals surface area contributed by atoms with Gasteiger partial charge in [0.1, 0.15) is 0 Å². The molecule has 0 aromatic heterocycles. The molecule has 1 aliphatic carbocycles. The summed E-state index contributed by atoms with van der Waals surface area (Å²) in [6.45, 7) is 10.1. The van der Waals surface area contributed by atoms with E-state index in [-0.39, 0.29) is 0 Å². The second kappa shape index (κ2) is 6.55. The highest BCUT2D eigenvalue weighted by molar-refractivity contribution is 5.03. The second-order valence-electron chi connectivity index (χ2n) is 5.80. The van der Waals surface area contributed by atoms with Crippen LogP contribution >= 0.6 is 0 Å². The molecule has 2 heteroatoms. The van der Waals surface area contributed by atoms with Crippen LogP contribution < -0.4 is 0 Å². The summed E-state index contributed by atoms with van der Waals surface area (Å²) < 4.78 is 5.39. The van der Waals surface area contributed by atoms with Crippen molar-refractivity contribution in [2.24, 2.45) is 11.8 Å². The fourth-order valence-corrected chi connectivity index (χ4v) is 2.95. The average Bonchev–Trinajstić information content (AvgIpc) is 2.38. The molecule has 2 atom stereocenters. The van der Waals surface area contributed by atoms with Gasteiger partial charge in [-0.15, -0.1) is 0 Å². The molecule has 0 amide bonds. The number of rotatable bonds is 4. The minimum atomic E-state index is 0.877. The number of nitrogens with zero attached hydrogens (tertiary/aromatic N) is 1. The first-order valence-electron chi connectivity index (χ1n) is 7.21. The summed E-state index contributed by atoms with van der Waals surface area (Å²) in [7, 11) is 0. The van der Waals surface area contributed by atoms with Crippen LogP contribution in [0.4, 0.5) is 0 Å². The molecule has 1 saturated heterocycles. The maximum absolute atomic E-state index is 5.39. The summed E-state index contributed by atoms with van der Waals surface area (Å²) >= 11 is 0. The molecule has 0 radical (unpaired) electrons. The van der Waals surface area contributed by atoms with E-state index in [1.165, 1.54) is 32.2 Å². The highest BCUT2D eigenvalue weighted by Gasteiger charge is 2.20. The van der Waals surface area contributed by atoms with Gasteiger partial charge < -0.3 is 4.74 Å². The van der Waals surface area contributed by atoms with Crippen molar-refractivity contribution in [1.82, 2.24) is 4.90 Å². The Morgan fingerprint density at radius 1 is 1.41 bits per heavy atom. The van der Waals surface area contributed by atoms with Crippen molar-refractivity contribution >= 4 is 0 Å². The van der Waals surface area contributed by atoms with E-state index >= 15 is 0 Å². The van der Waals surface area contributed by atoms with Crippen molar-refractivity contribution in [3.8, 4) is 0 Å². The van der Waals surface area contributed by atoms with E-state index in [9.17, 15) is 0 Å². The zero-order valence-electron chi connectivity index (χ0n) is 11.5. The first-order valence-corrected chi connectivity index (χ1v) is 7.21. The van der Waals surface area contributed by atoms with Crippen LogP contribution in [-0.2, 0) is 4.74 Å². The zero-order valence-corrected chi connectivity index (χ0v) is 11.5. The van der Waals surface area contributed by atoms with E-state index in [1.807, 2.05) is 0 Å². The van der Waals surface area contributed by atoms with Crippen LogP contribution in [0.5, 0.6) is 0 Å². The first-order chi connectivity index (χ1) is 8.25. The third-order valence-corrected chi connectivity index (χ3v) is 4.49. The number of ether oxygens (including phenoxy) is 1. The van der Waals surface area contributed by atoms with Gasteiger partial charge in [0.05, 0.1) is 13.2 Å². The van der Waals surface area contributed by atoms with Gasteiger partial charge in [-0.1, -0.05) is 18.6 Å². The maximum Gasteiger partial charge on any atom is 0.0594 e. The lowest BCUT2D eigenvalue weighted by atomic mass is 9.80. The molecule has 1 aliphatic heterocycles.